The molecule has 0 radical (unpaired) electrons. The molecule has 2 saturated heterocycles. The number of benzene rings is 2. The fraction of sp³-hybridized carbons (Fsp3) is 0.400. The molecule has 9 rings (SSSR count). The van der Waals surface area contributed by atoms with E-state index in [0.717, 1.165) is 32.4 Å². The summed E-state index contributed by atoms with van der Waals surface area (Å²) in [6.45, 7) is 2.82. The number of nitrogens with one attached hydrogen (secondary N) is 3. The van der Waals surface area contributed by atoms with Crippen molar-refractivity contribution in [3.05, 3.63) is 95.3 Å². The van der Waals surface area contributed by atoms with Gasteiger partial charge in [0.2, 0.25) is 17.8 Å². The van der Waals surface area contributed by atoms with Crippen LogP contribution in [0.5, 0.6) is 0 Å². The lowest BCUT2D eigenvalue weighted by molar-refractivity contribution is -0.459. The Hall–Kier alpha value is -6.91. The number of halogens is 7. The molecule has 0 unspecified atom stereocenters. The highest BCUT2D eigenvalue weighted by Gasteiger charge is 2.57. The Morgan fingerprint density at radius 2 is 1.11 bits per heavy atom. The van der Waals surface area contributed by atoms with Gasteiger partial charge < -0.3 is 39.0 Å². The first-order chi connectivity index (χ1) is 34.7. The number of carbonyl (C=O) groups is 6. The van der Waals surface area contributed by atoms with Crippen molar-refractivity contribution in [1.82, 2.24) is 40.0 Å². The molecule has 0 atom stereocenters. The number of imidazole rings is 1. The highest BCUT2D eigenvalue weighted by atomic mass is 35.5. The van der Waals surface area contributed by atoms with Gasteiger partial charge in [-0.2, -0.15) is 0 Å². The van der Waals surface area contributed by atoms with Gasteiger partial charge in [-0.05, 0) is 112 Å². The van der Waals surface area contributed by atoms with Crippen LogP contribution in [0.2, 0.25) is 0 Å². The number of nitrogens with zero attached hydrogens (tertiary/aromatic N) is 8. The van der Waals surface area contributed by atoms with E-state index < -0.39 is 97.1 Å². The maximum atomic E-state index is 13.6. The van der Waals surface area contributed by atoms with Crippen molar-refractivity contribution in [2.45, 2.75) is 88.1 Å². The van der Waals surface area contributed by atoms with Gasteiger partial charge in [0.05, 0.1) is 24.5 Å². The van der Waals surface area contributed by atoms with Gasteiger partial charge in [0.1, 0.15) is 30.7 Å². The molecular weight excluding hydrogens is 1050 g/mol. The number of alkyl halides is 4. The zero-order valence-electron chi connectivity index (χ0n) is 41.7. The second-order valence-electron chi connectivity index (χ2n) is 19.1. The largest absolute Gasteiger partial charge is 1.00 e. The normalized spacial score (nSPS) is 17.8. The quantitative estimate of drug-likeness (QED) is 0.0479. The van der Waals surface area contributed by atoms with Crippen LogP contribution in [0.3, 0.4) is 0 Å². The average Bonchev–Trinajstić information content (AvgIpc) is 3.92. The van der Waals surface area contributed by atoms with Crippen LogP contribution in [0.4, 0.5) is 50.3 Å². The summed E-state index contributed by atoms with van der Waals surface area (Å²) in [5.41, 5.74) is 8.77. The number of hydrogen-bond donors (Lipinski definition) is 4. The summed E-state index contributed by atoms with van der Waals surface area (Å²) in [5, 5.41) is 8.17. The molecule has 18 nitrogen and oxygen atoms in total. The first-order valence-electron chi connectivity index (χ1n) is 23.4. The van der Waals surface area contributed by atoms with E-state index in [0.29, 0.717) is 39.9 Å². The first-order valence-corrected chi connectivity index (χ1v) is 24.2. The number of urea groups is 2. The molecule has 2 aliphatic carbocycles. The number of hydrogen-bond acceptors (Lipinski definition) is 12. The molecule has 0 bridgehead atoms. The molecule has 2 spiro atoms. The SMILES string of the molecule is C[N+](C)=C(Cl)Cl.Cc1ccc(N)c(Nc2ccc(C(=O)CN3C(=O)NC4(CCC(F)(F)CC4)C3=O)cc2)n1.Cc1ccc2nc(N(C)C)n(-c3ccc(C(=O)CN4C(=O)NC5(CCC(F)(F)CC5)C4=O)cc3)c2n1.[Cl-]. The Balaban J connectivity index is 0.000000219. The number of nitrogen functional groups attached to an aromatic ring is 1. The number of nitrogens with two attached hydrogens (primary N) is 1. The number of ketones is 2. The number of pyridine rings is 2. The van der Waals surface area contributed by atoms with E-state index in [1.54, 1.807) is 79.3 Å². The number of amides is 6. The first kappa shape index (κ1) is 57.4. The molecule has 5 heterocycles. The second kappa shape index (κ2) is 22.5. The minimum absolute atomic E-state index is 0. The van der Waals surface area contributed by atoms with E-state index in [1.165, 1.54) is 0 Å². The van der Waals surface area contributed by atoms with Gasteiger partial charge in [-0.25, -0.2) is 46.7 Å². The third kappa shape index (κ3) is 12.8. The van der Waals surface area contributed by atoms with Crippen molar-refractivity contribution in [1.29, 1.82) is 0 Å². The molecule has 6 amide bonds. The Kier molecular flexibility index (Phi) is 17.2. The van der Waals surface area contributed by atoms with E-state index in [-0.39, 0.29) is 42.7 Å². The van der Waals surface area contributed by atoms with Crippen LogP contribution in [0.25, 0.3) is 16.9 Å². The lowest BCUT2D eigenvalue weighted by atomic mass is 9.80. The van der Waals surface area contributed by atoms with Crippen LogP contribution in [0.15, 0.2) is 72.8 Å². The van der Waals surface area contributed by atoms with E-state index in [9.17, 15) is 46.3 Å². The van der Waals surface area contributed by atoms with Crippen molar-refractivity contribution < 1.29 is 63.3 Å². The third-order valence-corrected chi connectivity index (χ3v) is 13.8. The maximum Gasteiger partial charge on any atom is 0.340 e. The minimum atomic E-state index is -2.84. The summed E-state index contributed by atoms with van der Waals surface area (Å²) in [5.74, 6) is -6.62. The fourth-order valence-corrected chi connectivity index (χ4v) is 8.79. The topological polar surface area (TPSA) is 221 Å². The molecule has 400 valence electrons. The predicted molar refractivity (Wildman–Crippen MR) is 271 cm³/mol. The van der Waals surface area contributed by atoms with Crippen LogP contribution in [-0.4, -0.2) is 138 Å². The van der Waals surface area contributed by atoms with Gasteiger partial charge >= 0.3 is 16.7 Å². The molecular formula is C50H55Cl3F4N12O6. The molecule has 4 aliphatic rings. The number of fused-ring (bicyclic) bond motifs is 1. The molecule has 3 aromatic heterocycles. The summed E-state index contributed by atoms with van der Waals surface area (Å²) >= 11 is 10.4. The highest BCUT2D eigenvalue weighted by Crippen LogP contribution is 2.43. The van der Waals surface area contributed by atoms with E-state index >= 15 is 0 Å². The van der Waals surface area contributed by atoms with Crippen molar-refractivity contribution in [2.75, 3.05) is 57.2 Å². The number of aromatic nitrogens is 4. The Bertz CT molecular complexity index is 3030. The summed E-state index contributed by atoms with van der Waals surface area (Å²) < 4.78 is 58.0. The molecule has 2 aromatic carbocycles. The maximum absolute atomic E-state index is 13.6. The van der Waals surface area contributed by atoms with Crippen molar-refractivity contribution >= 4 is 97.6 Å². The van der Waals surface area contributed by atoms with Crippen molar-refractivity contribution in [3.63, 3.8) is 0 Å². The average molecular weight is 1100 g/mol. The molecule has 5 aromatic rings. The van der Waals surface area contributed by atoms with Gasteiger partial charge in [-0.1, -0.05) is 0 Å². The molecule has 75 heavy (non-hydrogen) atoms. The number of aryl methyl sites for hydroxylation is 2. The Morgan fingerprint density at radius 1 is 0.680 bits per heavy atom. The van der Waals surface area contributed by atoms with E-state index in [1.807, 2.05) is 49.5 Å². The van der Waals surface area contributed by atoms with Crippen LogP contribution >= 0.6 is 23.2 Å². The zero-order valence-corrected chi connectivity index (χ0v) is 44.0. The van der Waals surface area contributed by atoms with Crippen LogP contribution in [-0.2, 0) is 9.59 Å². The lowest BCUT2D eigenvalue weighted by Crippen LogP contribution is -3.00. The number of anilines is 4. The number of rotatable bonds is 10. The summed E-state index contributed by atoms with van der Waals surface area (Å²) in [6, 6.07) is 19.0. The summed E-state index contributed by atoms with van der Waals surface area (Å²) in [6.07, 6.45) is -2.50. The van der Waals surface area contributed by atoms with E-state index in [4.69, 9.17) is 28.9 Å². The number of carbonyl (C=O) groups excluding carboxylic acids is 6. The van der Waals surface area contributed by atoms with Crippen molar-refractivity contribution in [2.24, 2.45) is 0 Å². The minimum Gasteiger partial charge on any atom is -1.00 e. The lowest BCUT2D eigenvalue weighted by Gasteiger charge is -2.34. The van der Waals surface area contributed by atoms with Gasteiger partial charge in [-0.15, -0.1) is 0 Å². The predicted octanol–water partition coefficient (Wildman–Crippen LogP) is 4.97. The van der Waals surface area contributed by atoms with Gasteiger partial charge in [0, 0.05) is 91.2 Å². The van der Waals surface area contributed by atoms with Crippen LogP contribution in [0.1, 0.15) is 83.5 Å². The summed E-state index contributed by atoms with van der Waals surface area (Å²) in [4.78, 5) is 93.3. The smallest absolute Gasteiger partial charge is 0.340 e. The number of imide groups is 2. The zero-order chi connectivity index (χ0) is 54.1. The number of Topliss-reactive ketones (excluding diaryl/α,β-unsaturated/α-hetero) is 2. The molecule has 5 N–H and O–H groups in total. The van der Waals surface area contributed by atoms with Crippen molar-refractivity contribution in [3.8, 4) is 5.69 Å². The monoisotopic (exact) mass is 1100 g/mol. The van der Waals surface area contributed by atoms with Gasteiger partial charge in [-0.3, -0.25) is 33.5 Å². The fourth-order valence-electron chi connectivity index (χ4n) is 8.79. The standard InChI is InChI=1S/C25H26F2N6O3.C22H23F2N5O3.C3H6Cl2N.ClH/c1-15-4-9-18-20(28-15)33(22(29-18)31(2)3)17-7-5-16(6-8-17)19(34)14-32-21(35)24(30-23(32)36)10-12-25(26,27)13-11-24;1-13-2-7-16(25)18(26-13)27-15-5-3-14(4-6-15)17(30)12-29-19(31)21(28-20(29)32)8-10-22(23,24)11-9-21;1-6(2)3(4)5;/h4-9H,10-14H2,1-3H3,(H,30,36);2-7H,8-12,25H2,1H3,(H,26,27)(H,28,32);1-2H3;1H/q;;+1;/p-1. The molecule has 4 fully saturated rings. The molecule has 2 saturated carbocycles. The van der Waals surface area contributed by atoms with Crippen LogP contribution < -0.4 is 39.0 Å². The van der Waals surface area contributed by atoms with Crippen LogP contribution in [0, 0.1) is 13.8 Å². The molecule has 2 aliphatic heterocycles. The Morgan fingerprint density at radius 3 is 1.55 bits per heavy atom. The third-order valence-electron chi connectivity index (χ3n) is 13.1. The second-order valence-corrected chi connectivity index (χ2v) is 20.0. The highest BCUT2D eigenvalue weighted by molar-refractivity contribution is 6.94. The van der Waals surface area contributed by atoms with E-state index in [2.05, 4.69) is 30.9 Å². The molecule has 25 heteroatoms. The van der Waals surface area contributed by atoms with Gasteiger partial charge in [0.15, 0.2) is 23.0 Å². The summed E-state index contributed by atoms with van der Waals surface area (Å²) in [7, 11) is 7.30. The van der Waals surface area contributed by atoms with Gasteiger partial charge in [0.25, 0.3) is 11.8 Å². The Labute approximate surface area is 445 Å².